The maximum absolute atomic E-state index is 10.5. The first kappa shape index (κ1) is 9.32. The van der Waals surface area contributed by atoms with E-state index in [-0.39, 0.29) is 5.82 Å². The molecule has 0 bridgehead atoms. The lowest BCUT2D eigenvalue weighted by Gasteiger charge is -1.97. The average molecular weight is 204 g/mol. The standard InChI is InChI=1S/C9H8N4O2/c1-6-2-4-7(5-3-6)13-11-8(9(14)15)10-12-13/h2-5H,1H3,(H,14,15). The van der Waals surface area contributed by atoms with Gasteiger partial charge < -0.3 is 5.11 Å². The van der Waals surface area contributed by atoms with E-state index in [1.807, 2.05) is 19.1 Å². The van der Waals surface area contributed by atoms with E-state index in [2.05, 4.69) is 15.4 Å². The molecule has 0 spiro atoms. The third-order valence-electron chi connectivity index (χ3n) is 1.87. The zero-order valence-corrected chi connectivity index (χ0v) is 7.95. The molecule has 0 aliphatic rings. The molecule has 0 unspecified atom stereocenters. The second-order valence-corrected chi connectivity index (χ2v) is 3.04. The van der Waals surface area contributed by atoms with Gasteiger partial charge in [0, 0.05) is 0 Å². The van der Waals surface area contributed by atoms with E-state index in [1.54, 1.807) is 12.1 Å². The molecule has 6 heteroatoms. The quantitative estimate of drug-likeness (QED) is 0.777. The number of rotatable bonds is 2. The van der Waals surface area contributed by atoms with Crippen LogP contribution in [0.25, 0.3) is 5.69 Å². The molecule has 0 radical (unpaired) electrons. The van der Waals surface area contributed by atoms with Crippen LogP contribution < -0.4 is 0 Å². The molecule has 0 amide bonds. The van der Waals surface area contributed by atoms with E-state index in [0.717, 1.165) is 5.56 Å². The first-order valence-electron chi connectivity index (χ1n) is 4.27. The van der Waals surface area contributed by atoms with E-state index in [1.165, 1.54) is 4.80 Å². The number of hydrogen-bond donors (Lipinski definition) is 1. The highest BCUT2D eigenvalue weighted by Gasteiger charge is 2.10. The summed E-state index contributed by atoms with van der Waals surface area (Å²) in [5.41, 5.74) is 1.79. The van der Waals surface area contributed by atoms with Gasteiger partial charge in [-0.15, -0.1) is 15.0 Å². The predicted octanol–water partition coefficient (Wildman–Crippen LogP) is 0.669. The van der Waals surface area contributed by atoms with Gasteiger partial charge in [-0.1, -0.05) is 17.7 Å². The van der Waals surface area contributed by atoms with Crippen molar-refractivity contribution in [2.75, 3.05) is 0 Å². The normalized spacial score (nSPS) is 10.2. The maximum atomic E-state index is 10.5. The van der Waals surface area contributed by atoms with Crippen LogP contribution in [-0.2, 0) is 0 Å². The Morgan fingerprint density at radius 3 is 2.53 bits per heavy atom. The number of hydrogen-bond acceptors (Lipinski definition) is 4. The van der Waals surface area contributed by atoms with Gasteiger partial charge in [-0.25, -0.2) is 4.79 Å². The Balaban J connectivity index is 2.37. The molecule has 0 atom stereocenters. The lowest BCUT2D eigenvalue weighted by Crippen LogP contribution is -2.02. The van der Waals surface area contributed by atoms with Crippen LogP contribution in [0.3, 0.4) is 0 Å². The van der Waals surface area contributed by atoms with Gasteiger partial charge in [0.25, 0.3) is 5.82 Å². The van der Waals surface area contributed by atoms with Crippen LogP contribution in [0.2, 0.25) is 0 Å². The number of aromatic carboxylic acids is 1. The van der Waals surface area contributed by atoms with Crippen LogP contribution in [0.4, 0.5) is 0 Å². The first-order valence-corrected chi connectivity index (χ1v) is 4.27. The van der Waals surface area contributed by atoms with Crippen LogP contribution in [0, 0.1) is 6.92 Å². The molecule has 0 saturated heterocycles. The molecule has 76 valence electrons. The number of carboxylic acid groups (broad SMARTS) is 1. The number of aromatic nitrogens is 4. The molecule has 0 aliphatic carbocycles. The Morgan fingerprint density at radius 1 is 1.33 bits per heavy atom. The van der Waals surface area contributed by atoms with E-state index in [9.17, 15) is 4.79 Å². The van der Waals surface area contributed by atoms with Crippen molar-refractivity contribution < 1.29 is 9.90 Å². The molecule has 6 nitrogen and oxygen atoms in total. The highest BCUT2D eigenvalue weighted by Crippen LogP contribution is 2.06. The molecular formula is C9H8N4O2. The van der Waals surface area contributed by atoms with E-state index in [0.29, 0.717) is 5.69 Å². The lowest BCUT2D eigenvalue weighted by molar-refractivity contribution is 0.0683. The minimum atomic E-state index is -1.19. The molecule has 1 heterocycles. The van der Waals surface area contributed by atoms with Crippen LogP contribution in [0.1, 0.15) is 16.2 Å². The largest absolute Gasteiger partial charge is 0.475 e. The third-order valence-corrected chi connectivity index (χ3v) is 1.87. The maximum Gasteiger partial charge on any atom is 0.377 e. The van der Waals surface area contributed by atoms with Gasteiger partial charge in [0.05, 0.1) is 5.69 Å². The summed E-state index contributed by atoms with van der Waals surface area (Å²) in [5.74, 6) is -1.50. The van der Waals surface area contributed by atoms with E-state index in [4.69, 9.17) is 5.11 Å². The van der Waals surface area contributed by atoms with Gasteiger partial charge in [-0.05, 0) is 24.3 Å². The average Bonchev–Trinajstić information content (AvgIpc) is 2.68. The van der Waals surface area contributed by atoms with Gasteiger partial charge in [-0.2, -0.15) is 0 Å². The number of tetrazole rings is 1. The Hall–Kier alpha value is -2.24. The molecule has 1 N–H and O–H groups in total. The molecule has 15 heavy (non-hydrogen) atoms. The highest BCUT2D eigenvalue weighted by molar-refractivity contribution is 5.82. The van der Waals surface area contributed by atoms with Crippen molar-refractivity contribution in [2.24, 2.45) is 0 Å². The van der Waals surface area contributed by atoms with Gasteiger partial charge in [0.1, 0.15) is 0 Å². The molecule has 2 rings (SSSR count). The molecule has 0 saturated carbocycles. The molecular weight excluding hydrogens is 196 g/mol. The van der Waals surface area contributed by atoms with Crippen molar-refractivity contribution >= 4 is 5.97 Å². The van der Waals surface area contributed by atoms with Crippen LogP contribution in [0.15, 0.2) is 24.3 Å². The van der Waals surface area contributed by atoms with Gasteiger partial charge in [0.15, 0.2) is 0 Å². The van der Waals surface area contributed by atoms with E-state index >= 15 is 0 Å². The summed E-state index contributed by atoms with van der Waals surface area (Å²) in [6, 6.07) is 7.36. The summed E-state index contributed by atoms with van der Waals surface area (Å²) in [5, 5.41) is 19.3. The van der Waals surface area contributed by atoms with E-state index < -0.39 is 5.97 Å². The van der Waals surface area contributed by atoms with Crippen molar-refractivity contribution in [1.29, 1.82) is 0 Å². The van der Waals surface area contributed by atoms with Crippen molar-refractivity contribution in [1.82, 2.24) is 20.2 Å². The summed E-state index contributed by atoms with van der Waals surface area (Å²) < 4.78 is 0. The summed E-state index contributed by atoms with van der Waals surface area (Å²) >= 11 is 0. The fourth-order valence-electron chi connectivity index (χ4n) is 1.09. The smallest absolute Gasteiger partial charge is 0.377 e. The Kier molecular flexibility index (Phi) is 2.17. The number of benzene rings is 1. The monoisotopic (exact) mass is 204 g/mol. The second-order valence-electron chi connectivity index (χ2n) is 3.04. The fraction of sp³-hybridized carbons (Fsp3) is 0.111. The molecule has 1 aromatic heterocycles. The lowest BCUT2D eigenvalue weighted by atomic mass is 10.2. The number of carbonyl (C=O) groups is 1. The summed E-state index contributed by atoms with van der Waals surface area (Å²) in [6.07, 6.45) is 0. The summed E-state index contributed by atoms with van der Waals surface area (Å²) in [4.78, 5) is 11.7. The Bertz CT molecular complexity index is 489. The van der Waals surface area contributed by atoms with Gasteiger partial charge >= 0.3 is 5.97 Å². The zero-order valence-electron chi connectivity index (χ0n) is 7.95. The van der Waals surface area contributed by atoms with Crippen molar-refractivity contribution in [3.63, 3.8) is 0 Å². The van der Waals surface area contributed by atoms with Crippen LogP contribution >= 0.6 is 0 Å². The minimum Gasteiger partial charge on any atom is -0.475 e. The number of carboxylic acids is 1. The van der Waals surface area contributed by atoms with Crippen LogP contribution in [-0.4, -0.2) is 31.3 Å². The van der Waals surface area contributed by atoms with Crippen LogP contribution in [0.5, 0.6) is 0 Å². The molecule has 0 aliphatic heterocycles. The predicted molar refractivity (Wildman–Crippen MR) is 50.9 cm³/mol. The van der Waals surface area contributed by atoms with Gasteiger partial charge in [0.2, 0.25) is 0 Å². The van der Waals surface area contributed by atoms with Crippen molar-refractivity contribution in [3.05, 3.63) is 35.7 Å². The highest BCUT2D eigenvalue weighted by atomic mass is 16.4. The molecule has 1 aromatic carbocycles. The molecule has 2 aromatic rings. The van der Waals surface area contributed by atoms with Crippen molar-refractivity contribution in [3.8, 4) is 5.69 Å². The molecule has 0 fully saturated rings. The summed E-state index contributed by atoms with van der Waals surface area (Å²) in [7, 11) is 0. The van der Waals surface area contributed by atoms with Crippen molar-refractivity contribution in [2.45, 2.75) is 6.92 Å². The summed E-state index contributed by atoms with van der Waals surface area (Å²) in [6.45, 7) is 1.96. The Labute approximate surface area is 85.2 Å². The van der Waals surface area contributed by atoms with Gasteiger partial charge in [-0.3, -0.25) is 0 Å². The SMILES string of the molecule is Cc1ccc(-n2nnc(C(=O)O)n2)cc1. The number of aryl methyl sites for hydroxylation is 1. The fourth-order valence-corrected chi connectivity index (χ4v) is 1.09. The Morgan fingerprint density at radius 2 is 2.00 bits per heavy atom. The minimum absolute atomic E-state index is 0.310. The second kappa shape index (κ2) is 3.49. The topological polar surface area (TPSA) is 80.9 Å². The first-order chi connectivity index (χ1) is 7.16. The third kappa shape index (κ3) is 1.83. The zero-order chi connectivity index (χ0) is 10.8. The number of nitrogens with zero attached hydrogens (tertiary/aromatic N) is 4.